The highest BCUT2D eigenvalue weighted by molar-refractivity contribution is 8.04. The Morgan fingerprint density at radius 1 is 1.06 bits per heavy atom. The molecule has 0 aliphatic carbocycles. The highest BCUT2D eigenvalue weighted by Crippen LogP contribution is 2.45. The number of carbonyl (C=O) groups is 2. The molecule has 0 radical (unpaired) electrons. The van der Waals surface area contributed by atoms with Crippen LogP contribution in [-0.4, -0.2) is 35.8 Å². The number of hydrogen-bond donors (Lipinski definition) is 3. The van der Waals surface area contributed by atoms with Crippen molar-refractivity contribution in [2.45, 2.75) is 30.0 Å². The zero-order chi connectivity index (χ0) is 23.0. The fraction of sp³-hybridized carbons (Fsp3) is 0.273. The van der Waals surface area contributed by atoms with Crippen LogP contribution in [0.4, 0.5) is 18.9 Å². The quantitative estimate of drug-likeness (QED) is 0.605. The number of benzene rings is 2. The van der Waals surface area contributed by atoms with E-state index in [1.807, 2.05) is 0 Å². The molecule has 4 rings (SSSR count). The lowest BCUT2D eigenvalue weighted by Gasteiger charge is -2.30. The number of nitrogens with one attached hydrogen (secondary N) is 1. The van der Waals surface area contributed by atoms with Crippen LogP contribution >= 0.6 is 11.8 Å². The van der Waals surface area contributed by atoms with E-state index in [1.54, 1.807) is 23.1 Å². The number of rotatable bonds is 3. The van der Waals surface area contributed by atoms with Crippen molar-refractivity contribution in [2.24, 2.45) is 11.5 Å². The first-order valence-electron chi connectivity index (χ1n) is 9.99. The molecule has 0 bridgehead atoms. The van der Waals surface area contributed by atoms with Gasteiger partial charge in [-0.3, -0.25) is 9.59 Å². The zero-order valence-corrected chi connectivity index (χ0v) is 17.7. The van der Waals surface area contributed by atoms with Gasteiger partial charge in [0.2, 0.25) is 0 Å². The number of thioether (sulfide) groups is 1. The summed E-state index contributed by atoms with van der Waals surface area (Å²) in [5.74, 6) is -0.959. The molecule has 0 aromatic heterocycles. The van der Waals surface area contributed by atoms with E-state index in [-0.39, 0.29) is 23.1 Å². The topological polar surface area (TPSA) is 101 Å². The molecule has 2 amide bonds. The van der Waals surface area contributed by atoms with Crippen molar-refractivity contribution in [3.05, 3.63) is 64.2 Å². The van der Waals surface area contributed by atoms with Gasteiger partial charge in [0.05, 0.1) is 21.9 Å². The number of hydrogen-bond acceptors (Lipinski definition) is 5. The molecular weight excluding hydrogens is 441 g/mol. The highest BCUT2D eigenvalue weighted by atomic mass is 32.2. The first kappa shape index (κ1) is 22.2. The van der Waals surface area contributed by atoms with Crippen LogP contribution in [0, 0.1) is 0 Å². The molecule has 10 heteroatoms. The third kappa shape index (κ3) is 4.46. The molecule has 0 spiro atoms. The Morgan fingerprint density at radius 2 is 1.78 bits per heavy atom. The lowest BCUT2D eigenvalue weighted by molar-refractivity contribution is -0.137. The van der Waals surface area contributed by atoms with Crippen molar-refractivity contribution in [3.8, 4) is 0 Å². The minimum Gasteiger partial charge on any atom is -0.365 e. The maximum absolute atomic E-state index is 13.1. The van der Waals surface area contributed by atoms with Crippen LogP contribution in [0.5, 0.6) is 0 Å². The van der Waals surface area contributed by atoms with Crippen LogP contribution in [0.1, 0.15) is 34.3 Å². The van der Waals surface area contributed by atoms with E-state index in [0.29, 0.717) is 34.3 Å². The number of nitrogens with two attached hydrogens (primary N) is 2. The number of alkyl halides is 3. The van der Waals surface area contributed by atoms with Crippen molar-refractivity contribution in [1.29, 1.82) is 0 Å². The van der Waals surface area contributed by atoms with Crippen molar-refractivity contribution in [3.63, 3.8) is 0 Å². The monoisotopic (exact) mass is 462 g/mol. The number of halogens is 3. The molecule has 168 valence electrons. The summed E-state index contributed by atoms with van der Waals surface area (Å²) in [6, 6.07) is 9.68. The minimum absolute atomic E-state index is 0.0461. The lowest BCUT2D eigenvalue weighted by atomic mass is 10.0. The van der Waals surface area contributed by atoms with Gasteiger partial charge >= 0.3 is 6.18 Å². The fourth-order valence-electron chi connectivity index (χ4n) is 3.74. The van der Waals surface area contributed by atoms with Crippen LogP contribution in [0.25, 0.3) is 5.57 Å². The first-order valence-corrected chi connectivity index (χ1v) is 10.8. The second-order valence-corrected chi connectivity index (χ2v) is 8.77. The number of anilines is 1. The van der Waals surface area contributed by atoms with E-state index in [9.17, 15) is 22.8 Å². The highest BCUT2D eigenvalue weighted by Gasteiger charge is 2.32. The van der Waals surface area contributed by atoms with Gasteiger partial charge in [0, 0.05) is 29.6 Å². The van der Waals surface area contributed by atoms with Crippen molar-refractivity contribution >= 4 is 34.8 Å². The smallest absolute Gasteiger partial charge is 0.365 e. The molecule has 5 N–H and O–H groups in total. The van der Waals surface area contributed by atoms with Crippen LogP contribution < -0.4 is 16.8 Å². The van der Waals surface area contributed by atoms with E-state index in [0.717, 1.165) is 36.7 Å². The standard InChI is InChI=1S/C22H21F3N4O2S/c23-22(24,25)14-3-1-2-12(10-14)18(19(27)30)20-28-16-5-4-13(11-17(16)32-20)21(31)29-8-6-15(26)7-9-29/h1-5,10-11,15,28H,6-9,26H2,(H2,27,30)/b20-18+. The molecule has 2 aromatic rings. The van der Waals surface area contributed by atoms with Crippen molar-refractivity contribution in [2.75, 3.05) is 18.4 Å². The maximum atomic E-state index is 13.1. The number of primary amides is 1. The van der Waals surface area contributed by atoms with Gasteiger partial charge in [-0.2, -0.15) is 13.2 Å². The van der Waals surface area contributed by atoms with Gasteiger partial charge < -0.3 is 21.7 Å². The molecule has 1 saturated heterocycles. The molecule has 1 fully saturated rings. The van der Waals surface area contributed by atoms with E-state index >= 15 is 0 Å². The Bertz CT molecular complexity index is 1110. The SMILES string of the molecule is NC(=O)/C(=C1\Nc2ccc(C(=O)N3CCC(N)CC3)cc2S1)c1cccc(C(F)(F)F)c1. The van der Waals surface area contributed by atoms with E-state index in [4.69, 9.17) is 11.5 Å². The summed E-state index contributed by atoms with van der Waals surface area (Å²) in [6.45, 7) is 1.18. The van der Waals surface area contributed by atoms with Crippen LogP contribution in [0.15, 0.2) is 52.4 Å². The van der Waals surface area contributed by atoms with Crippen molar-refractivity contribution in [1.82, 2.24) is 4.90 Å². The van der Waals surface area contributed by atoms with Crippen molar-refractivity contribution < 1.29 is 22.8 Å². The molecule has 2 aliphatic rings. The minimum atomic E-state index is -4.55. The molecule has 2 aliphatic heterocycles. The third-order valence-corrected chi connectivity index (χ3v) is 6.54. The van der Waals surface area contributed by atoms with Gasteiger partial charge in [0.1, 0.15) is 0 Å². The zero-order valence-electron chi connectivity index (χ0n) is 16.9. The summed E-state index contributed by atoms with van der Waals surface area (Å²) in [7, 11) is 0. The fourth-order valence-corrected chi connectivity index (χ4v) is 4.85. The lowest BCUT2D eigenvalue weighted by Crippen LogP contribution is -2.42. The number of piperidine rings is 1. The first-order chi connectivity index (χ1) is 15.1. The summed E-state index contributed by atoms with van der Waals surface area (Å²) in [5, 5.41) is 3.36. The maximum Gasteiger partial charge on any atom is 0.416 e. The molecule has 2 heterocycles. The van der Waals surface area contributed by atoms with Gasteiger partial charge in [-0.25, -0.2) is 0 Å². The number of likely N-dealkylation sites (tertiary alicyclic amines) is 1. The third-order valence-electron chi connectivity index (χ3n) is 5.47. The number of nitrogens with zero attached hydrogens (tertiary/aromatic N) is 1. The molecule has 2 aromatic carbocycles. The average Bonchev–Trinajstić information content (AvgIpc) is 3.15. The summed E-state index contributed by atoms with van der Waals surface area (Å²) < 4.78 is 39.4. The summed E-state index contributed by atoms with van der Waals surface area (Å²) in [6.07, 6.45) is -3.05. The molecule has 6 nitrogen and oxygen atoms in total. The Labute approximate surface area is 186 Å². The Morgan fingerprint density at radius 3 is 2.44 bits per heavy atom. The molecule has 32 heavy (non-hydrogen) atoms. The summed E-state index contributed by atoms with van der Waals surface area (Å²) >= 11 is 1.16. The Balaban J connectivity index is 1.63. The Kier molecular flexibility index (Phi) is 5.91. The van der Waals surface area contributed by atoms with Gasteiger partial charge in [-0.1, -0.05) is 23.9 Å². The predicted molar refractivity (Wildman–Crippen MR) is 117 cm³/mol. The van der Waals surface area contributed by atoms with Gasteiger partial charge in [-0.15, -0.1) is 0 Å². The average molecular weight is 462 g/mol. The number of carbonyl (C=O) groups excluding carboxylic acids is 2. The van der Waals surface area contributed by atoms with Gasteiger partial charge in [0.25, 0.3) is 11.8 Å². The second kappa shape index (κ2) is 8.51. The molecular formula is C22H21F3N4O2S. The van der Waals surface area contributed by atoms with Gasteiger partial charge in [0.15, 0.2) is 0 Å². The normalized spacial score (nSPS) is 18.2. The number of fused-ring (bicyclic) bond motifs is 1. The van der Waals surface area contributed by atoms with E-state index < -0.39 is 17.6 Å². The summed E-state index contributed by atoms with van der Waals surface area (Å²) in [5.41, 5.74) is 11.7. The number of amides is 2. The molecule has 0 saturated carbocycles. The van der Waals surface area contributed by atoms with Gasteiger partial charge in [-0.05, 0) is 48.7 Å². The second-order valence-electron chi connectivity index (χ2n) is 7.71. The molecule has 0 atom stereocenters. The van der Waals surface area contributed by atoms with Crippen LogP contribution in [0.3, 0.4) is 0 Å². The Hall–Kier alpha value is -2.98. The van der Waals surface area contributed by atoms with Crippen LogP contribution in [0.2, 0.25) is 0 Å². The largest absolute Gasteiger partial charge is 0.416 e. The van der Waals surface area contributed by atoms with E-state index in [2.05, 4.69) is 5.32 Å². The summed E-state index contributed by atoms with van der Waals surface area (Å²) in [4.78, 5) is 27.5. The predicted octanol–water partition coefficient (Wildman–Crippen LogP) is 3.64. The van der Waals surface area contributed by atoms with E-state index in [1.165, 1.54) is 12.1 Å². The van der Waals surface area contributed by atoms with Crippen LogP contribution in [-0.2, 0) is 11.0 Å². The molecule has 0 unspecified atom stereocenters.